The van der Waals surface area contributed by atoms with Crippen molar-refractivity contribution in [1.82, 2.24) is 5.32 Å². The number of hydrogen-bond acceptors (Lipinski definition) is 2. The molecular formula is C17H27NS. The van der Waals surface area contributed by atoms with Crippen molar-refractivity contribution in [3.63, 3.8) is 0 Å². The van der Waals surface area contributed by atoms with Gasteiger partial charge in [0.25, 0.3) is 0 Å². The highest BCUT2D eigenvalue weighted by Crippen LogP contribution is 2.31. The maximum Gasteiger partial charge on any atom is 0.0409 e. The number of rotatable bonds is 6. The van der Waals surface area contributed by atoms with Crippen molar-refractivity contribution in [3.05, 3.63) is 35.4 Å². The van der Waals surface area contributed by atoms with Crippen molar-refractivity contribution in [2.45, 2.75) is 56.7 Å². The summed E-state index contributed by atoms with van der Waals surface area (Å²) in [5, 5.41) is 4.38. The minimum Gasteiger partial charge on any atom is -0.312 e. The average molecular weight is 277 g/mol. The minimum atomic E-state index is 0.498. The second kappa shape index (κ2) is 7.96. The van der Waals surface area contributed by atoms with Crippen LogP contribution in [-0.2, 0) is 6.42 Å². The third-order valence-electron chi connectivity index (χ3n) is 4.19. The molecule has 2 rings (SSSR count). The second-order valence-electron chi connectivity index (χ2n) is 5.53. The SMILES string of the molecule is CCc1ccc(C(CSC2CCCCC2)NC)cc1. The minimum absolute atomic E-state index is 0.498. The molecule has 1 atom stereocenters. The van der Waals surface area contributed by atoms with Gasteiger partial charge < -0.3 is 5.32 Å². The Morgan fingerprint density at radius 3 is 2.42 bits per heavy atom. The highest BCUT2D eigenvalue weighted by molar-refractivity contribution is 7.99. The smallest absolute Gasteiger partial charge is 0.0409 e. The quantitative estimate of drug-likeness (QED) is 0.817. The van der Waals surface area contributed by atoms with Crippen LogP contribution in [0.25, 0.3) is 0 Å². The van der Waals surface area contributed by atoms with Gasteiger partial charge in [-0.1, -0.05) is 50.5 Å². The first-order chi connectivity index (χ1) is 9.33. The predicted molar refractivity (Wildman–Crippen MR) is 87.0 cm³/mol. The molecule has 1 aromatic carbocycles. The molecule has 0 heterocycles. The summed E-state index contributed by atoms with van der Waals surface area (Å²) in [5.74, 6) is 1.20. The Hall–Kier alpha value is -0.470. The van der Waals surface area contributed by atoms with Gasteiger partial charge in [-0.15, -0.1) is 0 Å². The van der Waals surface area contributed by atoms with Crippen molar-refractivity contribution in [2.75, 3.05) is 12.8 Å². The van der Waals surface area contributed by atoms with Crippen LogP contribution in [0.5, 0.6) is 0 Å². The van der Waals surface area contributed by atoms with Gasteiger partial charge in [0, 0.05) is 17.0 Å². The summed E-state index contributed by atoms with van der Waals surface area (Å²) in [6, 6.07) is 9.62. The largest absolute Gasteiger partial charge is 0.312 e. The van der Waals surface area contributed by atoms with Gasteiger partial charge in [0.2, 0.25) is 0 Å². The molecule has 0 aromatic heterocycles. The maximum absolute atomic E-state index is 3.47. The highest BCUT2D eigenvalue weighted by atomic mass is 32.2. The first-order valence-electron chi connectivity index (χ1n) is 7.71. The topological polar surface area (TPSA) is 12.0 Å². The van der Waals surface area contributed by atoms with Crippen molar-refractivity contribution < 1.29 is 0 Å². The lowest BCUT2D eigenvalue weighted by atomic mass is 10.0. The van der Waals surface area contributed by atoms with Gasteiger partial charge in [0.1, 0.15) is 0 Å². The van der Waals surface area contributed by atoms with Crippen molar-refractivity contribution in [3.8, 4) is 0 Å². The molecule has 1 aliphatic rings. The maximum atomic E-state index is 3.47. The molecule has 1 aromatic rings. The molecule has 2 heteroatoms. The Morgan fingerprint density at radius 2 is 1.84 bits per heavy atom. The molecule has 0 amide bonds. The number of aryl methyl sites for hydroxylation is 1. The van der Waals surface area contributed by atoms with Gasteiger partial charge in [-0.2, -0.15) is 11.8 Å². The summed E-state index contributed by atoms with van der Waals surface area (Å²) in [7, 11) is 2.08. The molecule has 0 aliphatic heterocycles. The van der Waals surface area contributed by atoms with E-state index in [1.165, 1.54) is 49.0 Å². The summed E-state index contributed by atoms with van der Waals surface area (Å²) in [4.78, 5) is 0. The summed E-state index contributed by atoms with van der Waals surface area (Å²) in [6.45, 7) is 2.21. The molecule has 0 saturated heterocycles. The highest BCUT2D eigenvalue weighted by Gasteiger charge is 2.16. The van der Waals surface area contributed by atoms with Crippen molar-refractivity contribution in [2.24, 2.45) is 0 Å². The fourth-order valence-electron chi connectivity index (χ4n) is 2.80. The molecule has 1 aliphatic carbocycles. The molecule has 0 spiro atoms. The van der Waals surface area contributed by atoms with Gasteiger partial charge >= 0.3 is 0 Å². The Balaban J connectivity index is 1.87. The molecule has 106 valence electrons. The van der Waals surface area contributed by atoms with E-state index in [0.717, 1.165) is 11.7 Å². The fourth-order valence-corrected chi connectivity index (χ4v) is 4.29. The second-order valence-corrected chi connectivity index (χ2v) is 6.86. The standard InChI is InChI=1S/C17H27NS/c1-3-14-9-11-15(12-10-14)17(18-2)13-19-16-7-5-4-6-8-16/h9-12,16-18H,3-8,13H2,1-2H3. The molecule has 1 nitrogen and oxygen atoms in total. The van der Waals surface area contributed by atoms with Crippen LogP contribution in [0.15, 0.2) is 24.3 Å². The summed E-state index contributed by atoms with van der Waals surface area (Å²) in [5.41, 5.74) is 2.86. The van der Waals surface area contributed by atoms with Crippen LogP contribution < -0.4 is 5.32 Å². The lowest BCUT2D eigenvalue weighted by Gasteiger charge is -2.24. The van der Waals surface area contributed by atoms with Gasteiger partial charge in [-0.3, -0.25) is 0 Å². The number of thioether (sulfide) groups is 1. The fraction of sp³-hybridized carbons (Fsp3) is 0.647. The van der Waals surface area contributed by atoms with E-state index in [1.54, 1.807) is 0 Å². The van der Waals surface area contributed by atoms with Crippen LogP contribution >= 0.6 is 11.8 Å². The molecule has 1 saturated carbocycles. The normalized spacial score (nSPS) is 18.4. The summed E-state index contributed by atoms with van der Waals surface area (Å²) < 4.78 is 0. The van der Waals surface area contributed by atoms with E-state index in [9.17, 15) is 0 Å². The number of hydrogen-bond donors (Lipinski definition) is 1. The van der Waals surface area contributed by atoms with E-state index >= 15 is 0 Å². The molecule has 1 fully saturated rings. The Labute approximate surface area is 122 Å². The van der Waals surface area contributed by atoms with Crippen LogP contribution in [0.1, 0.15) is 56.2 Å². The first-order valence-corrected chi connectivity index (χ1v) is 8.76. The summed E-state index contributed by atoms with van der Waals surface area (Å²) >= 11 is 2.17. The number of nitrogens with one attached hydrogen (secondary N) is 1. The van der Waals surface area contributed by atoms with Crippen LogP contribution in [0.4, 0.5) is 0 Å². The zero-order chi connectivity index (χ0) is 13.5. The van der Waals surface area contributed by atoms with Crippen LogP contribution in [0.3, 0.4) is 0 Å². The van der Waals surface area contributed by atoms with Crippen LogP contribution in [0, 0.1) is 0 Å². The van der Waals surface area contributed by atoms with E-state index in [1.807, 2.05) is 0 Å². The van der Waals surface area contributed by atoms with Crippen molar-refractivity contribution in [1.29, 1.82) is 0 Å². The lowest BCUT2D eigenvalue weighted by molar-refractivity contribution is 0.514. The monoisotopic (exact) mass is 277 g/mol. The molecule has 0 radical (unpaired) electrons. The summed E-state index contributed by atoms with van der Waals surface area (Å²) in [6.07, 6.45) is 8.30. The molecule has 1 N–H and O–H groups in total. The average Bonchev–Trinajstić information content (AvgIpc) is 2.49. The van der Waals surface area contributed by atoms with Gasteiger partial charge in [-0.05, 0) is 37.4 Å². The van der Waals surface area contributed by atoms with Crippen LogP contribution in [0.2, 0.25) is 0 Å². The zero-order valence-corrected chi connectivity index (χ0v) is 13.1. The molecule has 0 bridgehead atoms. The zero-order valence-electron chi connectivity index (χ0n) is 12.3. The molecule has 1 unspecified atom stereocenters. The lowest BCUT2D eigenvalue weighted by Crippen LogP contribution is -2.21. The van der Waals surface area contributed by atoms with Crippen LogP contribution in [-0.4, -0.2) is 18.1 Å². The first kappa shape index (κ1) is 14.9. The third-order valence-corrected chi connectivity index (χ3v) is 5.66. The molecular weight excluding hydrogens is 250 g/mol. The van der Waals surface area contributed by atoms with Gasteiger partial charge in [-0.25, -0.2) is 0 Å². The predicted octanol–water partition coefficient (Wildman–Crippen LogP) is 4.58. The van der Waals surface area contributed by atoms with Crippen molar-refractivity contribution >= 4 is 11.8 Å². The van der Waals surface area contributed by atoms with Gasteiger partial charge in [0.05, 0.1) is 0 Å². The Kier molecular flexibility index (Phi) is 6.25. The Bertz CT molecular complexity index is 354. The van der Waals surface area contributed by atoms with E-state index in [4.69, 9.17) is 0 Å². The number of benzene rings is 1. The molecule has 19 heavy (non-hydrogen) atoms. The Morgan fingerprint density at radius 1 is 1.16 bits per heavy atom. The van der Waals surface area contributed by atoms with E-state index in [0.29, 0.717) is 6.04 Å². The third kappa shape index (κ3) is 4.54. The van der Waals surface area contributed by atoms with E-state index < -0.39 is 0 Å². The van der Waals surface area contributed by atoms with Gasteiger partial charge in [0.15, 0.2) is 0 Å². The van der Waals surface area contributed by atoms with E-state index in [-0.39, 0.29) is 0 Å². The van der Waals surface area contributed by atoms with E-state index in [2.05, 4.69) is 55.3 Å².